The summed E-state index contributed by atoms with van der Waals surface area (Å²) in [6.07, 6.45) is 0.635. The van der Waals surface area contributed by atoms with E-state index in [1.807, 2.05) is 42.3 Å². The third-order valence-electron chi connectivity index (χ3n) is 4.78. The van der Waals surface area contributed by atoms with Gasteiger partial charge in [0.25, 0.3) is 0 Å². The molecule has 1 unspecified atom stereocenters. The van der Waals surface area contributed by atoms with Gasteiger partial charge in [0.05, 0.1) is 12.6 Å². The molecule has 0 radical (unpaired) electrons. The van der Waals surface area contributed by atoms with E-state index in [1.54, 1.807) is 24.3 Å². The number of carbonyl (C=O) groups excluding carboxylic acids is 1. The highest BCUT2D eigenvalue weighted by molar-refractivity contribution is 5.78. The van der Waals surface area contributed by atoms with Gasteiger partial charge in [-0.2, -0.15) is 0 Å². The van der Waals surface area contributed by atoms with E-state index in [-0.39, 0.29) is 30.1 Å². The molecule has 0 spiro atoms. The van der Waals surface area contributed by atoms with Crippen molar-refractivity contribution in [3.05, 3.63) is 107 Å². The lowest BCUT2D eigenvalue weighted by Crippen LogP contribution is -2.38. The predicted molar refractivity (Wildman–Crippen MR) is 110 cm³/mol. The monoisotopic (exact) mass is 394 g/mol. The minimum Gasteiger partial charge on any atom is -0.355 e. The Kier molecular flexibility index (Phi) is 7.09. The van der Waals surface area contributed by atoms with Gasteiger partial charge in [-0.25, -0.2) is 8.78 Å². The average Bonchev–Trinajstić information content (AvgIpc) is 2.72. The van der Waals surface area contributed by atoms with Gasteiger partial charge in [0.2, 0.25) is 5.91 Å². The number of halogens is 2. The molecule has 3 rings (SSSR count). The fourth-order valence-electron chi connectivity index (χ4n) is 3.35. The Labute approximate surface area is 170 Å². The molecular formula is C24H24F2N2O. The Hall–Kier alpha value is -3.05. The second kappa shape index (κ2) is 9.94. The fourth-order valence-corrected chi connectivity index (χ4v) is 3.35. The van der Waals surface area contributed by atoms with E-state index in [9.17, 15) is 13.6 Å². The molecule has 0 saturated carbocycles. The molecule has 1 atom stereocenters. The van der Waals surface area contributed by atoms with Crippen LogP contribution in [0.2, 0.25) is 0 Å². The number of hydrogen-bond donors (Lipinski definition) is 1. The van der Waals surface area contributed by atoms with Crippen molar-refractivity contribution in [2.24, 2.45) is 0 Å². The van der Waals surface area contributed by atoms with Crippen LogP contribution in [0.25, 0.3) is 0 Å². The minimum absolute atomic E-state index is 0.0994. The summed E-state index contributed by atoms with van der Waals surface area (Å²) in [5.41, 5.74) is 2.91. The number of amides is 1. The second-order valence-electron chi connectivity index (χ2n) is 7.01. The molecule has 3 nitrogen and oxygen atoms in total. The Morgan fingerprint density at radius 1 is 0.862 bits per heavy atom. The van der Waals surface area contributed by atoms with E-state index in [0.717, 1.165) is 16.7 Å². The van der Waals surface area contributed by atoms with Gasteiger partial charge in [-0.3, -0.25) is 9.69 Å². The average molecular weight is 394 g/mol. The first-order valence-electron chi connectivity index (χ1n) is 9.55. The molecule has 0 bridgehead atoms. The van der Waals surface area contributed by atoms with Crippen molar-refractivity contribution >= 4 is 5.91 Å². The quantitative estimate of drug-likeness (QED) is 0.616. The third-order valence-corrected chi connectivity index (χ3v) is 4.78. The molecule has 0 saturated heterocycles. The van der Waals surface area contributed by atoms with Crippen LogP contribution in [-0.4, -0.2) is 30.9 Å². The van der Waals surface area contributed by atoms with Crippen LogP contribution in [0.3, 0.4) is 0 Å². The molecule has 0 fully saturated rings. The van der Waals surface area contributed by atoms with Gasteiger partial charge >= 0.3 is 0 Å². The number of rotatable bonds is 8. The van der Waals surface area contributed by atoms with Gasteiger partial charge in [0, 0.05) is 6.54 Å². The first-order chi connectivity index (χ1) is 14.0. The Morgan fingerprint density at radius 2 is 1.41 bits per heavy atom. The normalized spacial score (nSPS) is 12.0. The molecule has 3 aromatic rings. The number of benzene rings is 3. The molecule has 0 aromatic heterocycles. The molecule has 0 heterocycles. The smallest absolute Gasteiger partial charge is 0.234 e. The lowest BCUT2D eigenvalue weighted by atomic mass is 9.97. The van der Waals surface area contributed by atoms with Crippen molar-refractivity contribution in [1.29, 1.82) is 0 Å². The molecule has 29 heavy (non-hydrogen) atoms. The number of nitrogens with one attached hydrogen (secondary N) is 1. The molecule has 0 aliphatic heterocycles. The maximum absolute atomic E-state index is 13.4. The van der Waals surface area contributed by atoms with Gasteiger partial charge in [0.1, 0.15) is 11.6 Å². The van der Waals surface area contributed by atoms with Gasteiger partial charge < -0.3 is 5.32 Å². The molecule has 5 heteroatoms. The number of nitrogens with zero attached hydrogens (tertiary/aromatic N) is 1. The zero-order valence-electron chi connectivity index (χ0n) is 16.3. The standard InChI is InChI=1S/C24H24F2N2O/c1-28(17-23(29)27-16-15-18-7-11-21(25)12-8-18)24(19-5-3-2-4-6-19)20-9-13-22(26)14-10-20/h2-14,24H,15-17H2,1H3,(H,27,29). The summed E-state index contributed by atoms with van der Waals surface area (Å²) >= 11 is 0. The van der Waals surface area contributed by atoms with Gasteiger partial charge in [-0.15, -0.1) is 0 Å². The molecule has 1 N–H and O–H groups in total. The zero-order valence-corrected chi connectivity index (χ0v) is 16.3. The van der Waals surface area contributed by atoms with E-state index in [1.165, 1.54) is 24.3 Å². The first kappa shape index (κ1) is 20.7. The van der Waals surface area contributed by atoms with Gasteiger partial charge in [-0.05, 0) is 54.4 Å². The number of hydrogen-bond acceptors (Lipinski definition) is 2. The predicted octanol–water partition coefficient (Wildman–Crippen LogP) is 4.34. The Bertz CT molecular complexity index is 912. The number of likely N-dealkylation sites (N-methyl/N-ethyl adjacent to an activating group) is 1. The Morgan fingerprint density at radius 3 is 2.03 bits per heavy atom. The van der Waals surface area contributed by atoms with Crippen LogP contribution in [0.4, 0.5) is 8.78 Å². The lowest BCUT2D eigenvalue weighted by molar-refractivity contribution is -0.122. The van der Waals surface area contributed by atoms with Crippen LogP contribution in [-0.2, 0) is 11.2 Å². The summed E-state index contributed by atoms with van der Waals surface area (Å²) in [5.74, 6) is -0.661. The minimum atomic E-state index is -0.290. The van der Waals surface area contributed by atoms with Crippen LogP contribution in [0, 0.1) is 11.6 Å². The highest BCUT2D eigenvalue weighted by atomic mass is 19.1. The van der Waals surface area contributed by atoms with Gasteiger partial charge in [-0.1, -0.05) is 54.6 Å². The van der Waals surface area contributed by atoms with E-state index in [0.29, 0.717) is 13.0 Å². The topological polar surface area (TPSA) is 32.3 Å². The van der Waals surface area contributed by atoms with Crippen molar-refractivity contribution in [3.8, 4) is 0 Å². The van der Waals surface area contributed by atoms with E-state index in [4.69, 9.17) is 0 Å². The summed E-state index contributed by atoms with van der Waals surface area (Å²) in [7, 11) is 1.88. The molecule has 150 valence electrons. The van der Waals surface area contributed by atoms with Crippen LogP contribution in [0.1, 0.15) is 22.7 Å². The highest BCUT2D eigenvalue weighted by Crippen LogP contribution is 2.27. The van der Waals surface area contributed by atoms with Crippen LogP contribution in [0.5, 0.6) is 0 Å². The summed E-state index contributed by atoms with van der Waals surface area (Å²) < 4.78 is 26.3. The highest BCUT2D eigenvalue weighted by Gasteiger charge is 2.21. The summed E-state index contributed by atoms with van der Waals surface area (Å²) in [4.78, 5) is 14.4. The second-order valence-corrected chi connectivity index (χ2v) is 7.01. The maximum atomic E-state index is 13.4. The van der Waals surface area contributed by atoms with Crippen LogP contribution < -0.4 is 5.32 Å². The van der Waals surface area contributed by atoms with E-state index < -0.39 is 0 Å². The van der Waals surface area contributed by atoms with Crippen molar-refractivity contribution in [1.82, 2.24) is 10.2 Å². The molecular weight excluding hydrogens is 370 g/mol. The molecule has 3 aromatic carbocycles. The van der Waals surface area contributed by atoms with E-state index in [2.05, 4.69) is 5.32 Å². The molecule has 0 aliphatic rings. The SMILES string of the molecule is CN(CC(=O)NCCc1ccc(F)cc1)C(c1ccccc1)c1ccc(F)cc1. The largest absolute Gasteiger partial charge is 0.355 e. The first-order valence-corrected chi connectivity index (χ1v) is 9.55. The summed E-state index contributed by atoms with van der Waals surface area (Å²) in [6, 6.07) is 22.3. The van der Waals surface area contributed by atoms with E-state index >= 15 is 0 Å². The van der Waals surface area contributed by atoms with Gasteiger partial charge in [0.15, 0.2) is 0 Å². The van der Waals surface area contributed by atoms with Crippen molar-refractivity contribution in [3.63, 3.8) is 0 Å². The summed E-state index contributed by atoms with van der Waals surface area (Å²) in [5, 5.41) is 2.91. The summed E-state index contributed by atoms with van der Waals surface area (Å²) in [6.45, 7) is 0.672. The fraction of sp³-hybridized carbons (Fsp3) is 0.208. The zero-order chi connectivity index (χ0) is 20.6. The van der Waals surface area contributed by atoms with Crippen molar-refractivity contribution in [2.75, 3.05) is 20.1 Å². The molecule has 0 aliphatic carbocycles. The third kappa shape index (κ3) is 5.96. The van der Waals surface area contributed by atoms with Crippen LogP contribution >= 0.6 is 0 Å². The van der Waals surface area contributed by atoms with Crippen molar-refractivity contribution < 1.29 is 13.6 Å². The number of carbonyl (C=O) groups is 1. The van der Waals surface area contributed by atoms with Crippen LogP contribution in [0.15, 0.2) is 78.9 Å². The molecule has 1 amide bonds. The Balaban J connectivity index is 1.63. The maximum Gasteiger partial charge on any atom is 0.234 e. The lowest BCUT2D eigenvalue weighted by Gasteiger charge is -2.28. The van der Waals surface area contributed by atoms with Crippen molar-refractivity contribution in [2.45, 2.75) is 12.5 Å².